The number of hydrogen-bond acceptors (Lipinski definition) is 3. The highest BCUT2D eigenvalue weighted by atomic mass is 32.2. The molecule has 0 fully saturated rings. The fraction of sp³-hybridized carbons (Fsp3) is 0.273. The van der Waals surface area contributed by atoms with Crippen LogP contribution in [-0.4, -0.2) is 21.2 Å². The molecule has 0 saturated carbocycles. The van der Waals surface area contributed by atoms with Gasteiger partial charge in [0.25, 0.3) is 0 Å². The van der Waals surface area contributed by atoms with Crippen LogP contribution in [0.3, 0.4) is 0 Å². The van der Waals surface area contributed by atoms with Crippen LogP contribution in [0.15, 0.2) is 66.3 Å². The van der Waals surface area contributed by atoms with Gasteiger partial charge in [0.2, 0.25) is 5.91 Å². The summed E-state index contributed by atoms with van der Waals surface area (Å²) in [7, 11) is 0. The molecule has 4 rings (SSSR count). The van der Waals surface area contributed by atoms with E-state index in [1.165, 1.54) is 22.9 Å². The van der Waals surface area contributed by atoms with Crippen LogP contribution in [0.5, 0.6) is 0 Å². The van der Waals surface area contributed by atoms with Crippen molar-refractivity contribution < 1.29 is 4.79 Å². The topological polar surface area (TPSA) is 46.9 Å². The lowest BCUT2D eigenvalue weighted by molar-refractivity contribution is -0.119. The van der Waals surface area contributed by atoms with Crippen LogP contribution in [-0.2, 0) is 17.8 Å². The van der Waals surface area contributed by atoms with E-state index in [0.29, 0.717) is 12.3 Å². The van der Waals surface area contributed by atoms with Gasteiger partial charge in [-0.3, -0.25) is 4.79 Å². The van der Waals surface area contributed by atoms with E-state index in [2.05, 4.69) is 51.8 Å². The fourth-order valence-corrected chi connectivity index (χ4v) is 4.57. The Morgan fingerprint density at radius 1 is 1.26 bits per heavy atom. The molecule has 1 aliphatic carbocycles. The highest BCUT2D eigenvalue weighted by molar-refractivity contribution is 7.99. The number of hydrogen-bond donors (Lipinski definition) is 1. The molecule has 138 valence electrons. The second kappa shape index (κ2) is 8.01. The summed E-state index contributed by atoms with van der Waals surface area (Å²) >= 11 is 1.48. The average Bonchev–Trinajstić information content (AvgIpc) is 3.05. The number of carbonyl (C=O) groups excluding carboxylic acids is 1. The summed E-state index contributed by atoms with van der Waals surface area (Å²) in [6, 6.07) is 16.6. The van der Waals surface area contributed by atoms with Crippen LogP contribution >= 0.6 is 11.8 Å². The van der Waals surface area contributed by atoms with Crippen molar-refractivity contribution in [3.05, 3.63) is 72.3 Å². The number of allylic oxidation sites excluding steroid dienone is 1. The number of fused-ring (bicyclic) bond motifs is 2. The van der Waals surface area contributed by atoms with Gasteiger partial charge < -0.3 is 9.88 Å². The summed E-state index contributed by atoms with van der Waals surface area (Å²) in [5.41, 5.74) is 4.64. The van der Waals surface area contributed by atoms with Gasteiger partial charge in [0.05, 0.1) is 22.8 Å². The van der Waals surface area contributed by atoms with E-state index in [0.717, 1.165) is 35.5 Å². The summed E-state index contributed by atoms with van der Waals surface area (Å²) in [5.74, 6) is 0.415. The lowest BCUT2D eigenvalue weighted by Crippen LogP contribution is -2.32. The van der Waals surface area contributed by atoms with Crippen molar-refractivity contribution in [1.82, 2.24) is 14.9 Å². The van der Waals surface area contributed by atoms with Crippen molar-refractivity contribution in [2.24, 2.45) is 0 Å². The van der Waals surface area contributed by atoms with Gasteiger partial charge in [-0.15, -0.1) is 6.58 Å². The third-order valence-corrected chi connectivity index (χ3v) is 5.94. The Labute approximate surface area is 163 Å². The van der Waals surface area contributed by atoms with E-state index in [4.69, 9.17) is 0 Å². The molecule has 1 aromatic heterocycles. The van der Waals surface area contributed by atoms with Gasteiger partial charge in [-0.05, 0) is 42.5 Å². The zero-order chi connectivity index (χ0) is 18.6. The van der Waals surface area contributed by atoms with Crippen LogP contribution in [0.1, 0.15) is 30.0 Å². The number of carbonyl (C=O) groups is 1. The molecule has 0 saturated heterocycles. The molecule has 2 aromatic carbocycles. The number of aromatic nitrogens is 2. The van der Waals surface area contributed by atoms with Gasteiger partial charge in [-0.2, -0.15) is 0 Å². The van der Waals surface area contributed by atoms with E-state index < -0.39 is 0 Å². The second-order valence-electron chi connectivity index (χ2n) is 6.78. The molecule has 1 atom stereocenters. The van der Waals surface area contributed by atoms with Crippen molar-refractivity contribution in [2.45, 2.75) is 37.0 Å². The van der Waals surface area contributed by atoms with Crippen LogP contribution in [0, 0.1) is 0 Å². The molecule has 0 spiro atoms. The van der Waals surface area contributed by atoms with E-state index in [-0.39, 0.29) is 11.9 Å². The standard InChI is InChI=1S/C22H23N3OS/c1-2-14-25-20-13-6-5-11-19(20)24-22(25)27-15-21(26)23-18-12-7-9-16-8-3-4-10-17(16)18/h2-6,8,10-11,13,18H,1,7,9,12,14-15H2,(H,23,26)/t18-/m1/s1. The van der Waals surface area contributed by atoms with Crippen molar-refractivity contribution in [2.75, 3.05) is 5.75 Å². The number of para-hydroxylation sites is 2. The Hall–Kier alpha value is -2.53. The number of nitrogens with zero attached hydrogens (tertiary/aromatic N) is 2. The molecule has 0 bridgehead atoms. The first kappa shape index (κ1) is 17.9. The van der Waals surface area contributed by atoms with Gasteiger partial charge >= 0.3 is 0 Å². The summed E-state index contributed by atoms with van der Waals surface area (Å²) < 4.78 is 2.11. The molecule has 4 nitrogen and oxygen atoms in total. The lowest BCUT2D eigenvalue weighted by Gasteiger charge is -2.26. The van der Waals surface area contributed by atoms with Crippen LogP contribution in [0.2, 0.25) is 0 Å². The maximum Gasteiger partial charge on any atom is 0.230 e. The van der Waals surface area contributed by atoms with Gasteiger partial charge in [0, 0.05) is 6.54 Å². The number of rotatable bonds is 6. The largest absolute Gasteiger partial charge is 0.349 e. The number of amides is 1. The second-order valence-corrected chi connectivity index (χ2v) is 7.72. The van der Waals surface area contributed by atoms with Crippen LogP contribution in [0.25, 0.3) is 11.0 Å². The molecule has 1 heterocycles. The maximum absolute atomic E-state index is 12.6. The summed E-state index contributed by atoms with van der Waals surface area (Å²) in [5, 5.41) is 4.07. The molecule has 1 aliphatic rings. The number of imidazole rings is 1. The highest BCUT2D eigenvalue weighted by Crippen LogP contribution is 2.30. The monoisotopic (exact) mass is 377 g/mol. The van der Waals surface area contributed by atoms with Gasteiger partial charge in [-0.25, -0.2) is 4.98 Å². The van der Waals surface area contributed by atoms with Gasteiger partial charge in [0.15, 0.2) is 5.16 Å². The summed E-state index contributed by atoms with van der Waals surface area (Å²) in [6.45, 7) is 4.52. The Balaban J connectivity index is 1.45. The Kier molecular flexibility index (Phi) is 5.30. The minimum Gasteiger partial charge on any atom is -0.349 e. The quantitative estimate of drug-likeness (QED) is 0.508. The number of nitrogens with one attached hydrogen (secondary N) is 1. The molecular formula is C22H23N3OS. The SMILES string of the molecule is C=CCn1c(SCC(=O)N[C@@H]2CCCc3ccccc32)nc2ccccc21. The first-order valence-corrected chi connectivity index (χ1v) is 10.3. The number of aryl methyl sites for hydroxylation is 1. The Morgan fingerprint density at radius 3 is 2.96 bits per heavy atom. The Bertz CT molecular complexity index is 979. The van der Waals surface area contributed by atoms with Crippen molar-refractivity contribution in [3.63, 3.8) is 0 Å². The van der Waals surface area contributed by atoms with E-state index in [1.807, 2.05) is 24.3 Å². The normalized spacial score (nSPS) is 16.1. The van der Waals surface area contributed by atoms with Crippen LogP contribution in [0.4, 0.5) is 0 Å². The first-order chi connectivity index (χ1) is 13.3. The molecular weight excluding hydrogens is 354 g/mol. The smallest absolute Gasteiger partial charge is 0.230 e. The minimum absolute atomic E-state index is 0.0545. The third kappa shape index (κ3) is 3.78. The van der Waals surface area contributed by atoms with Gasteiger partial charge in [0.1, 0.15) is 0 Å². The molecule has 0 radical (unpaired) electrons. The van der Waals surface area contributed by atoms with Crippen LogP contribution < -0.4 is 5.32 Å². The molecule has 3 aromatic rings. The maximum atomic E-state index is 12.6. The molecule has 5 heteroatoms. The molecule has 27 heavy (non-hydrogen) atoms. The Morgan fingerprint density at radius 2 is 2.07 bits per heavy atom. The lowest BCUT2D eigenvalue weighted by atomic mass is 9.88. The summed E-state index contributed by atoms with van der Waals surface area (Å²) in [4.78, 5) is 17.3. The van der Waals surface area contributed by atoms with E-state index >= 15 is 0 Å². The van der Waals surface area contributed by atoms with Crippen molar-refractivity contribution in [3.8, 4) is 0 Å². The first-order valence-electron chi connectivity index (χ1n) is 9.32. The predicted octanol–water partition coefficient (Wildman–Crippen LogP) is 4.51. The highest BCUT2D eigenvalue weighted by Gasteiger charge is 2.21. The van der Waals surface area contributed by atoms with E-state index in [9.17, 15) is 4.79 Å². The number of thioether (sulfide) groups is 1. The van der Waals surface area contributed by atoms with Gasteiger partial charge in [-0.1, -0.05) is 54.2 Å². The molecule has 1 amide bonds. The summed E-state index contributed by atoms with van der Waals surface area (Å²) in [6.07, 6.45) is 5.08. The van der Waals surface area contributed by atoms with E-state index in [1.54, 1.807) is 0 Å². The average molecular weight is 378 g/mol. The molecule has 1 N–H and O–H groups in total. The zero-order valence-electron chi connectivity index (χ0n) is 15.2. The molecule has 0 aliphatic heterocycles. The zero-order valence-corrected chi connectivity index (χ0v) is 16.0. The minimum atomic E-state index is 0.0545. The number of benzene rings is 2. The predicted molar refractivity (Wildman–Crippen MR) is 111 cm³/mol. The van der Waals surface area contributed by atoms with Crippen molar-refractivity contribution in [1.29, 1.82) is 0 Å². The molecule has 0 unspecified atom stereocenters. The fourth-order valence-electron chi connectivity index (χ4n) is 3.74. The third-order valence-electron chi connectivity index (χ3n) is 4.97. The van der Waals surface area contributed by atoms with Crippen molar-refractivity contribution >= 4 is 28.7 Å².